The van der Waals surface area contributed by atoms with Crippen LogP contribution in [-0.4, -0.2) is 9.97 Å². The van der Waals surface area contributed by atoms with Gasteiger partial charge >= 0.3 is 0 Å². The number of fused-ring (bicyclic) bond motifs is 9. The summed E-state index contributed by atoms with van der Waals surface area (Å²) in [6.45, 7) is 0. The van der Waals surface area contributed by atoms with Crippen LogP contribution in [0.4, 0.5) is 17.1 Å². The molecule has 4 heterocycles. The zero-order valence-electron chi connectivity index (χ0n) is 21.8. The number of aromatic nitrogens is 2. The van der Waals surface area contributed by atoms with Gasteiger partial charge in [0.05, 0.1) is 23.0 Å². The Hall–Kier alpha value is -5.68. The minimum Gasteiger partial charge on any atom is -0.438 e. The molecule has 0 atom stereocenters. The highest BCUT2D eigenvalue weighted by Crippen LogP contribution is 2.44. The lowest BCUT2D eigenvalue weighted by atomic mass is 9.99. The number of para-hydroxylation sites is 1. The first-order valence-electron chi connectivity index (χ1n) is 13.6. The van der Waals surface area contributed by atoms with Gasteiger partial charge in [-0.3, -0.25) is 0 Å². The number of hydrogen-bond donors (Lipinski definition) is 0. The first-order chi connectivity index (χ1) is 20.3. The third kappa shape index (κ3) is 3.29. The third-order valence-corrected chi connectivity index (χ3v) is 7.96. The number of hydrogen-bond acceptors (Lipinski definition) is 5. The topological polar surface area (TPSA) is 55.3 Å². The molecule has 0 amide bonds. The van der Waals surface area contributed by atoms with Gasteiger partial charge in [-0.25, -0.2) is 9.97 Å². The van der Waals surface area contributed by atoms with E-state index >= 15 is 0 Å². The van der Waals surface area contributed by atoms with E-state index in [1.807, 2.05) is 36.5 Å². The second-order valence-electron chi connectivity index (χ2n) is 10.3. The summed E-state index contributed by atoms with van der Waals surface area (Å²) in [6.07, 6.45) is 3.66. The Morgan fingerprint density at radius 3 is 2.05 bits per heavy atom. The van der Waals surface area contributed by atoms with Crippen molar-refractivity contribution in [3.63, 3.8) is 0 Å². The molecule has 0 saturated carbocycles. The average Bonchev–Trinajstić information content (AvgIpc) is 3.59. The van der Waals surface area contributed by atoms with Gasteiger partial charge in [-0.05, 0) is 64.7 Å². The maximum Gasteiger partial charge on any atom is 0.227 e. The molecule has 0 fully saturated rings. The molecule has 9 rings (SSSR count). The molecule has 0 unspecified atom stereocenters. The minimum absolute atomic E-state index is 0.626. The van der Waals surface area contributed by atoms with Crippen molar-refractivity contribution in [1.29, 1.82) is 0 Å². The molecule has 4 aromatic heterocycles. The van der Waals surface area contributed by atoms with Crippen molar-refractivity contribution < 1.29 is 8.83 Å². The van der Waals surface area contributed by atoms with Gasteiger partial charge in [-0.2, -0.15) is 0 Å². The monoisotopic (exact) mass is 527 g/mol. The van der Waals surface area contributed by atoms with Gasteiger partial charge in [-0.1, -0.05) is 66.7 Å². The zero-order chi connectivity index (χ0) is 26.9. The van der Waals surface area contributed by atoms with E-state index < -0.39 is 0 Å². The van der Waals surface area contributed by atoms with E-state index in [2.05, 4.69) is 94.8 Å². The molecule has 0 radical (unpaired) electrons. The minimum atomic E-state index is 0.626. The number of nitrogens with zero attached hydrogens (tertiary/aromatic N) is 3. The van der Waals surface area contributed by atoms with Crippen LogP contribution in [0.15, 0.2) is 136 Å². The lowest BCUT2D eigenvalue weighted by molar-refractivity contribution is 0.654. The van der Waals surface area contributed by atoms with E-state index in [4.69, 9.17) is 13.8 Å². The molecule has 9 aromatic rings. The van der Waals surface area contributed by atoms with Crippen molar-refractivity contribution >= 4 is 82.7 Å². The van der Waals surface area contributed by atoms with E-state index in [1.54, 1.807) is 6.20 Å². The van der Waals surface area contributed by atoms with Crippen LogP contribution < -0.4 is 4.90 Å². The van der Waals surface area contributed by atoms with Crippen molar-refractivity contribution in [2.75, 3.05) is 4.90 Å². The standard InChI is InChI=1S/C36H21N3O2/c1-2-9-25-22(8-1)18-32(27-11-4-3-10-26(25)27)39(23-15-16-34-30(19-23)29-13-7-17-37-35(29)41-34)24-20-31-28-12-5-6-14-33(28)40-36(31)38-21-24/h1-21H. The van der Waals surface area contributed by atoms with Gasteiger partial charge in [0.15, 0.2) is 0 Å². The molecule has 0 aliphatic rings. The fourth-order valence-corrected chi connectivity index (χ4v) is 6.10. The Morgan fingerprint density at radius 2 is 1.15 bits per heavy atom. The van der Waals surface area contributed by atoms with Crippen LogP contribution in [0, 0.1) is 0 Å². The van der Waals surface area contributed by atoms with Crippen LogP contribution in [0.3, 0.4) is 0 Å². The molecule has 0 aliphatic carbocycles. The van der Waals surface area contributed by atoms with Crippen LogP contribution in [0.5, 0.6) is 0 Å². The number of pyridine rings is 2. The molecule has 0 saturated heterocycles. The van der Waals surface area contributed by atoms with Gasteiger partial charge in [-0.15, -0.1) is 0 Å². The predicted molar refractivity (Wildman–Crippen MR) is 166 cm³/mol. The molecule has 192 valence electrons. The number of rotatable bonds is 3. The van der Waals surface area contributed by atoms with Crippen molar-refractivity contribution in [2.24, 2.45) is 0 Å². The molecule has 0 bridgehead atoms. The molecule has 5 nitrogen and oxygen atoms in total. The highest BCUT2D eigenvalue weighted by Gasteiger charge is 2.21. The molecule has 0 aliphatic heterocycles. The Labute approximate surface area is 233 Å². The molecular formula is C36H21N3O2. The van der Waals surface area contributed by atoms with Crippen molar-refractivity contribution in [2.45, 2.75) is 0 Å². The maximum atomic E-state index is 6.07. The van der Waals surface area contributed by atoms with Gasteiger partial charge < -0.3 is 13.7 Å². The highest BCUT2D eigenvalue weighted by atomic mass is 16.3. The van der Waals surface area contributed by atoms with E-state index in [1.165, 1.54) is 16.2 Å². The molecule has 5 heteroatoms. The van der Waals surface area contributed by atoms with Gasteiger partial charge in [0.25, 0.3) is 0 Å². The molecule has 0 N–H and O–H groups in total. The van der Waals surface area contributed by atoms with E-state index in [-0.39, 0.29) is 0 Å². The van der Waals surface area contributed by atoms with E-state index in [9.17, 15) is 0 Å². The summed E-state index contributed by atoms with van der Waals surface area (Å²) in [7, 11) is 0. The quantitative estimate of drug-likeness (QED) is 0.214. The van der Waals surface area contributed by atoms with Crippen molar-refractivity contribution in [3.8, 4) is 0 Å². The zero-order valence-corrected chi connectivity index (χ0v) is 21.8. The summed E-state index contributed by atoms with van der Waals surface area (Å²) in [5.41, 5.74) is 5.90. The third-order valence-electron chi connectivity index (χ3n) is 7.96. The van der Waals surface area contributed by atoms with Crippen LogP contribution in [0.2, 0.25) is 0 Å². The summed E-state index contributed by atoms with van der Waals surface area (Å²) in [4.78, 5) is 11.5. The Bertz CT molecular complexity index is 2340. The van der Waals surface area contributed by atoms with Crippen LogP contribution in [0.25, 0.3) is 65.7 Å². The second-order valence-corrected chi connectivity index (χ2v) is 10.3. The maximum absolute atomic E-state index is 6.07. The Balaban J connectivity index is 1.38. The summed E-state index contributed by atoms with van der Waals surface area (Å²) in [6, 6.07) is 40.0. The fourth-order valence-electron chi connectivity index (χ4n) is 6.10. The van der Waals surface area contributed by atoms with Crippen molar-refractivity contribution in [1.82, 2.24) is 9.97 Å². The summed E-state index contributed by atoms with van der Waals surface area (Å²) in [5, 5.41) is 8.78. The second kappa shape index (κ2) is 8.41. The lowest BCUT2D eigenvalue weighted by Crippen LogP contribution is -2.11. The predicted octanol–water partition coefficient (Wildman–Crippen LogP) is 10.1. The SMILES string of the molecule is c1ccc2c(c1)cc(N(c1ccc3oc4ncccc4c3c1)c1cnc3oc4ccccc4c3c1)c1ccccc12. The highest BCUT2D eigenvalue weighted by molar-refractivity contribution is 6.15. The summed E-state index contributed by atoms with van der Waals surface area (Å²) in [5.74, 6) is 0. The number of furan rings is 2. The number of anilines is 3. The van der Waals surface area contributed by atoms with E-state index in [0.717, 1.165) is 55.2 Å². The first kappa shape index (κ1) is 22.2. The molecular weight excluding hydrogens is 506 g/mol. The Morgan fingerprint density at radius 1 is 0.463 bits per heavy atom. The smallest absolute Gasteiger partial charge is 0.227 e. The van der Waals surface area contributed by atoms with Crippen molar-refractivity contribution in [3.05, 3.63) is 128 Å². The van der Waals surface area contributed by atoms with Gasteiger partial charge in [0, 0.05) is 33.4 Å². The molecule has 41 heavy (non-hydrogen) atoms. The molecule has 5 aromatic carbocycles. The van der Waals surface area contributed by atoms with Crippen LogP contribution in [0.1, 0.15) is 0 Å². The van der Waals surface area contributed by atoms with Gasteiger partial charge in [0.2, 0.25) is 11.4 Å². The normalized spacial score (nSPS) is 11.9. The van der Waals surface area contributed by atoms with Crippen LogP contribution >= 0.6 is 0 Å². The van der Waals surface area contributed by atoms with Crippen LogP contribution in [-0.2, 0) is 0 Å². The van der Waals surface area contributed by atoms with E-state index in [0.29, 0.717) is 11.4 Å². The largest absolute Gasteiger partial charge is 0.438 e. The summed E-state index contributed by atoms with van der Waals surface area (Å²) >= 11 is 0. The molecule has 0 spiro atoms. The number of benzene rings is 5. The Kier molecular flexibility index (Phi) is 4.55. The average molecular weight is 528 g/mol. The summed E-state index contributed by atoms with van der Waals surface area (Å²) < 4.78 is 12.1. The first-order valence-corrected chi connectivity index (χ1v) is 13.6. The fraction of sp³-hybridized carbons (Fsp3) is 0. The lowest BCUT2D eigenvalue weighted by Gasteiger charge is -2.27. The van der Waals surface area contributed by atoms with Gasteiger partial charge in [0.1, 0.15) is 11.2 Å².